The molecule has 0 saturated carbocycles. The number of aryl methyl sites for hydroxylation is 2. The van der Waals surface area contributed by atoms with E-state index in [1.165, 1.54) is 5.56 Å². The number of aromatic nitrogens is 1. The number of benzene rings is 1. The van der Waals surface area contributed by atoms with Gasteiger partial charge in [0.25, 0.3) is 0 Å². The molecule has 0 saturated heterocycles. The molecule has 1 aromatic carbocycles. The highest BCUT2D eigenvalue weighted by Crippen LogP contribution is 2.30. The molecule has 16 heavy (non-hydrogen) atoms. The minimum absolute atomic E-state index is 0.899. The number of methoxy groups -OCH3 is 1. The van der Waals surface area contributed by atoms with Gasteiger partial charge in [-0.2, -0.15) is 0 Å². The van der Waals surface area contributed by atoms with Crippen LogP contribution in [0.5, 0.6) is 5.75 Å². The predicted molar refractivity (Wildman–Crippen MR) is 65.7 cm³/mol. The van der Waals surface area contributed by atoms with Gasteiger partial charge in [0.05, 0.1) is 7.11 Å². The number of rotatable bonds is 2. The molecule has 0 unspecified atom stereocenters. The van der Waals surface area contributed by atoms with E-state index in [1.54, 1.807) is 7.11 Å². The molecule has 0 N–H and O–H groups in total. The van der Waals surface area contributed by atoms with E-state index in [4.69, 9.17) is 4.74 Å². The molecule has 0 bridgehead atoms. The van der Waals surface area contributed by atoms with Gasteiger partial charge in [0, 0.05) is 17.5 Å². The van der Waals surface area contributed by atoms with Gasteiger partial charge >= 0.3 is 0 Å². The molecular formula is C14H15NO. The Kier molecular flexibility index (Phi) is 2.91. The molecule has 0 fully saturated rings. The van der Waals surface area contributed by atoms with Gasteiger partial charge in [-0.1, -0.05) is 11.6 Å². The molecule has 2 rings (SSSR count). The van der Waals surface area contributed by atoms with E-state index < -0.39 is 0 Å². The molecule has 0 aliphatic rings. The Labute approximate surface area is 95.9 Å². The molecule has 1 heterocycles. The van der Waals surface area contributed by atoms with Crippen LogP contribution in [-0.4, -0.2) is 12.1 Å². The van der Waals surface area contributed by atoms with Gasteiger partial charge in [-0.3, -0.25) is 4.98 Å². The molecule has 2 aromatic rings. The molecule has 0 atom stereocenters. The zero-order chi connectivity index (χ0) is 11.5. The summed E-state index contributed by atoms with van der Waals surface area (Å²) in [4.78, 5) is 4.20. The van der Waals surface area contributed by atoms with Crippen molar-refractivity contribution in [1.29, 1.82) is 0 Å². The Bertz CT molecular complexity index is 506. The molecule has 0 amide bonds. The number of nitrogens with zero attached hydrogens (tertiary/aromatic N) is 1. The van der Waals surface area contributed by atoms with Gasteiger partial charge in [0.15, 0.2) is 0 Å². The molecule has 0 aliphatic carbocycles. The first-order chi connectivity index (χ1) is 7.70. The Morgan fingerprint density at radius 2 is 1.88 bits per heavy atom. The molecule has 2 heteroatoms. The van der Waals surface area contributed by atoms with E-state index in [1.807, 2.05) is 25.3 Å². The number of ether oxygens (including phenoxy) is 1. The van der Waals surface area contributed by atoms with E-state index in [2.05, 4.69) is 30.1 Å². The van der Waals surface area contributed by atoms with Crippen LogP contribution in [0.3, 0.4) is 0 Å². The fourth-order valence-corrected chi connectivity index (χ4v) is 1.76. The Morgan fingerprint density at radius 1 is 1.06 bits per heavy atom. The van der Waals surface area contributed by atoms with Crippen LogP contribution in [0.1, 0.15) is 11.3 Å². The first kappa shape index (κ1) is 10.7. The monoisotopic (exact) mass is 213 g/mol. The summed E-state index contributed by atoms with van der Waals surface area (Å²) in [6, 6.07) is 10.3. The maximum atomic E-state index is 5.37. The van der Waals surface area contributed by atoms with Crippen molar-refractivity contribution >= 4 is 0 Å². The number of hydrogen-bond acceptors (Lipinski definition) is 2. The highest BCUT2D eigenvalue weighted by atomic mass is 16.5. The maximum absolute atomic E-state index is 5.37. The van der Waals surface area contributed by atoms with E-state index in [9.17, 15) is 0 Å². The van der Waals surface area contributed by atoms with Gasteiger partial charge in [-0.05, 0) is 43.7 Å². The second-order valence-corrected chi connectivity index (χ2v) is 3.89. The van der Waals surface area contributed by atoms with Crippen LogP contribution in [0.25, 0.3) is 11.1 Å². The standard InChI is InChI=1S/C14H15NO/c1-10-4-5-14(16-3)13(8-10)12-6-7-15-11(2)9-12/h4-9H,1-3H3. The lowest BCUT2D eigenvalue weighted by molar-refractivity contribution is 0.416. The zero-order valence-corrected chi connectivity index (χ0v) is 9.82. The van der Waals surface area contributed by atoms with E-state index in [0.717, 1.165) is 22.6 Å². The summed E-state index contributed by atoms with van der Waals surface area (Å²) < 4.78 is 5.37. The van der Waals surface area contributed by atoms with E-state index >= 15 is 0 Å². The van der Waals surface area contributed by atoms with Crippen molar-refractivity contribution in [1.82, 2.24) is 4.98 Å². The quantitative estimate of drug-likeness (QED) is 0.763. The van der Waals surface area contributed by atoms with Gasteiger partial charge in [0.2, 0.25) is 0 Å². The van der Waals surface area contributed by atoms with Crippen LogP contribution >= 0.6 is 0 Å². The first-order valence-electron chi connectivity index (χ1n) is 5.28. The van der Waals surface area contributed by atoms with Crippen molar-refractivity contribution < 1.29 is 4.74 Å². The van der Waals surface area contributed by atoms with Crippen molar-refractivity contribution in [2.45, 2.75) is 13.8 Å². The summed E-state index contributed by atoms with van der Waals surface area (Å²) in [6.45, 7) is 4.07. The average molecular weight is 213 g/mol. The summed E-state index contributed by atoms with van der Waals surface area (Å²) in [6.07, 6.45) is 1.83. The van der Waals surface area contributed by atoms with Gasteiger partial charge in [0.1, 0.15) is 5.75 Å². The third kappa shape index (κ3) is 2.06. The smallest absolute Gasteiger partial charge is 0.126 e. The van der Waals surface area contributed by atoms with Crippen molar-refractivity contribution in [3.8, 4) is 16.9 Å². The molecule has 0 spiro atoms. The molecule has 82 valence electrons. The van der Waals surface area contributed by atoms with Gasteiger partial charge in [-0.25, -0.2) is 0 Å². The second-order valence-electron chi connectivity index (χ2n) is 3.89. The Hall–Kier alpha value is -1.83. The summed E-state index contributed by atoms with van der Waals surface area (Å²) in [5.41, 5.74) is 4.51. The van der Waals surface area contributed by atoms with Gasteiger partial charge < -0.3 is 4.74 Å². The van der Waals surface area contributed by atoms with Crippen LogP contribution < -0.4 is 4.74 Å². The summed E-state index contributed by atoms with van der Waals surface area (Å²) >= 11 is 0. The fourth-order valence-electron chi connectivity index (χ4n) is 1.76. The largest absolute Gasteiger partial charge is 0.496 e. The van der Waals surface area contributed by atoms with Crippen molar-refractivity contribution in [3.63, 3.8) is 0 Å². The van der Waals surface area contributed by atoms with Crippen molar-refractivity contribution in [3.05, 3.63) is 47.8 Å². The Balaban J connectivity index is 2.58. The number of hydrogen-bond donors (Lipinski definition) is 0. The van der Waals surface area contributed by atoms with Crippen LogP contribution in [0.15, 0.2) is 36.5 Å². The van der Waals surface area contributed by atoms with E-state index in [0.29, 0.717) is 0 Å². The minimum Gasteiger partial charge on any atom is -0.496 e. The summed E-state index contributed by atoms with van der Waals surface area (Å²) in [5.74, 6) is 0.899. The second kappa shape index (κ2) is 4.35. The number of pyridine rings is 1. The fraction of sp³-hybridized carbons (Fsp3) is 0.214. The summed E-state index contributed by atoms with van der Waals surface area (Å²) in [7, 11) is 1.70. The maximum Gasteiger partial charge on any atom is 0.126 e. The molecule has 1 aromatic heterocycles. The molecular weight excluding hydrogens is 198 g/mol. The molecule has 2 nitrogen and oxygen atoms in total. The third-order valence-electron chi connectivity index (χ3n) is 2.56. The van der Waals surface area contributed by atoms with Crippen LogP contribution in [0.2, 0.25) is 0 Å². The predicted octanol–water partition coefficient (Wildman–Crippen LogP) is 3.37. The highest BCUT2D eigenvalue weighted by Gasteiger charge is 2.05. The lowest BCUT2D eigenvalue weighted by atomic mass is 10.0. The van der Waals surface area contributed by atoms with Crippen molar-refractivity contribution in [2.75, 3.05) is 7.11 Å². The zero-order valence-electron chi connectivity index (χ0n) is 9.82. The van der Waals surface area contributed by atoms with Crippen molar-refractivity contribution in [2.24, 2.45) is 0 Å². The lowest BCUT2D eigenvalue weighted by Crippen LogP contribution is -1.90. The minimum atomic E-state index is 0.899. The lowest BCUT2D eigenvalue weighted by Gasteiger charge is -2.09. The van der Waals surface area contributed by atoms with Gasteiger partial charge in [-0.15, -0.1) is 0 Å². The highest BCUT2D eigenvalue weighted by molar-refractivity contribution is 5.71. The van der Waals surface area contributed by atoms with E-state index in [-0.39, 0.29) is 0 Å². The molecule has 0 radical (unpaired) electrons. The van der Waals surface area contributed by atoms with Crippen LogP contribution in [0, 0.1) is 13.8 Å². The van der Waals surface area contributed by atoms with Crippen LogP contribution in [0.4, 0.5) is 0 Å². The SMILES string of the molecule is COc1ccc(C)cc1-c1ccnc(C)c1. The average Bonchev–Trinajstić information content (AvgIpc) is 2.29. The normalized spacial score (nSPS) is 10.2. The first-order valence-corrected chi connectivity index (χ1v) is 5.28. The molecule has 0 aliphatic heterocycles. The summed E-state index contributed by atoms with van der Waals surface area (Å²) in [5, 5.41) is 0. The third-order valence-corrected chi connectivity index (χ3v) is 2.56. The Morgan fingerprint density at radius 3 is 2.56 bits per heavy atom. The topological polar surface area (TPSA) is 22.1 Å². The van der Waals surface area contributed by atoms with Crippen LogP contribution in [-0.2, 0) is 0 Å².